The zero-order valence-corrected chi connectivity index (χ0v) is 13.0. The Balaban J connectivity index is 1.65. The third-order valence-corrected chi connectivity index (χ3v) is 3.39. The lowest BCUT2D eigenvalue weighted by Crippen LogP contribution is -2.40. The highest BCUT2D eigenvalue weighted by molar-refractivity contribution is 5.69. The number of amides is 1. The van der Waals surface area contributed by atoms with Gasteiger partial charge in [0.25, 0.3) is 0 Å². The second-order valence-corrected chi connectivity index (χ2v) is 6.36. The van der Waals surface area contributed by atoms with Crippen molar-refractivity contribution in [1.29, 1.82) is 0 Å². The minimum atomic E-state index is -0.489. The Bertz CT molecular complexity index is 677. The van der Waals surface area contributed by atoms with Gasteiger partial charge in [0.2, 0.25) is 0 Å². The monoisotopic (exact) mass is 304 g/mol. The maximum Gasteiger partial charge on any atom is 0.407 e. The van der Waals surface area contributed by atoms with Gasteiger partial charge in [-0.15, -0.1) is 0 Å². The zero-order valence-electron chi connectivity index (χ0n) is 13.0. The number of nitrogens with one attached hydrogen (secondary N) is 1. The third-order valence-electron chi connectivity index (χ3n) is 3.39. The highest BCUT2D eigenvalue weighted by Gasteiger charge is 2.28. The molecule has 1 amide bonds. The fraction of sp³-hybridized carbons (Fsp3) is 0.571. The maximum atomic E-state index is 11.8. The van der Waals surface area contributed by atoms with Crippen molar-refractivity contribution in [2.24, 2.45) is 0 Å². The number of hydrogen-bond donors (Lipinski definition) is 1. The van der Waals surface area contributed by atoms with Crippen molar-refractivity contribution in [3.63, 3.8) is 0 Å². The summed E-state index contributed by atoms with van der Waals surface area (Å²) in [4.78, 5) is 22.6. The number of ether oxygens (including phenoxy) is 1. The Hall–Kier alpha value is -2.38. The first-order valence-corrected chi connectivity index (χ1v) is 7.31. The Labute approximate surface area is 128 Å². The highest BCUT2D eigenvalue weighted by atomic mass is 16.6. The van der Waals surface area contributed by atoms with Crippen molar-refractivity contribution in [3.05, 3.63) is 18.7 Å². The van der Waals surface area contributed by atoms with Crippen LogP contribution in [0.25, 0.3) is 5.65 Å². The minimum Gasteiger partial charge on any atom is -0.444 e. The lowest BCUT2D eigenvalue weighted by atomic mass is 10.2. The molecule has 0 radical (unpaired) electrons. The quantitative estimate of drug-likeness (QED) is 0.898. The summed E-state index contributed by atoms with van der Waals surface area (Å²) in [5.74, 6) is 0.786. The van der Waals surface area contributed by atoms with Crippen LogP contribution in [0.3, 0.4) is 0 Å². The second-order valence-electron chi connectivity index (χ2n) is 6.36. The Kier molecular flexibility index (Phi) is 3.59. The smallest absolute Gasteiger partial charge is 0.407 e. The van der Waals surface area contributed by atoms with Gasteiger partial charge in [0.05, 0.1) is 6.04 Å². The number of fused-ring (bicyclic) bond motifs is 1. The fourth-order valence-corrected chi connectivity index (χ4v) is 2.51. The number of carbonyl (C=O) groups excluding carboxylic acids is 1. The van der Waals surface area contributed by atoms with E-state index in [2.05, 4.69) is 25.3 Å². The summed E-state index contributed by atoms with van der Waals surface area (Å²) >= 11 is 0. The van der Waals surface area contributed by atoms with E-state index in [9.17, 15) is 4.79 Å². The van der Waals surface area contributed by atoms with Crippen LogP contribution in [-0.2, 0) is 4.74 Å². The van der Waals surface area contributed by atoms with Crippen molar-refractivity contribution in [2.75, 3.05) is 18.0 Å². The van der Waals surface area contributed by atoms with E-state index in [0.29, 0.717) is 6.54 Å². The Morgan fingerprint density at radius 1 is 1.41 bits per heavy atom. The van der Waals surface area contributed by atoms with Crippen LogP contribution in [0.5, 0.6) is 0 Å². The van der Waals surface area contributed by atoms with Crippen molar-refractivity contribution in [2.45, 2.75) is 38.8 Å². The number of aromatic nitrogens is 4. The SMILES string of the molecule is CC(C)(C)OC(=O)NC1CCN(c2nccn3ncnc23)C1. The molecule has 1 atom stereocenters. The maximum absolute atomic E-state index is 11.8. The van der Waals surface area contributed by atoms with Gasteiger partial charge in [-0.2, -0.15) is 5.10 Å². The van der Waals surface area contributed by atoms with Crippen molar-refractivity contribution < 1.29 is 9.53 Å². The number of nitrogens with zero attached hydrogens (tertiary/aromatic N) is 5. The van der Waals surface area contributed by atoms with Crippen LogP contribution in [-0.4, -0.2) is 50.4 Å². The number of alkyl carbamates (subject to hydrolysis) is 1. The summed E-state index contributed by atoms with van der Waals surface area (Å²) in [6.07, 6.45) is 5.43. The van der Waals surface area contributed by atoms with Crippen LogP contribution in [0.15, 0.2) is 18.7 Å². The largest absolute Gasteiger partial charge is 0.444 e. The number of rotatable bonds is 2. The molecule has 1 saturated heterocycles. The molecule has 2 aromatic rings. The number of anilines is 1. The molecule has 1 unspecified atom stereocenters. The molecule has 1 fully saturated rings. The lowest BCUT2D eigenvalue weighted by molar-refractivity contribution is 0.0509. The molecule has 3 rings (SSSR count). The molecule has 1 aliphatic heterocycles. The van der Waals surface area contributed by atoms with E-state index < -0.39 is 5.60 Å². The van der Waals surface area contributed by atoms with Gasteiger partial charge in [0, 0.05) is 25.5 Å². The third kappa shape index (κ3) is 3.10. The molecule has 1 aliphatic rings. The molecule has 22 heavy (non-hydrogen) atoms. The van der Waals surface area contributed by atoms with E-state index in [1.165, 1.54) is 6.33 Å². The first-order valence-electron chi connectivity index (χ1n) is 7.31. The van der Waals surface area contributed by atoms with Gasteiger partial charge in [-0.1, -0.05) is 0 Å². The van der Waals surface area contributed by atoms with Crippen LogP contribution in [0.1, 0.15) is 27.2 Å². The van der Waals surface area contributed by atoms with Crippen molar-refractivity contribution in [1.82, 2.24) is 24.9 Å². The van der Waals surface area contributed by atoms with E-state index >= 15 is 0 Å². The van der Waals surface area contributed by atoms with E-state index in [1.54, 1.807) is 16.9 Å². The molecule has 118 valence electrons. The van der Waals surface area contributed by atoms with Gasteiger partial charge in [0.1, 0.15) is 11.9 Å². The Morgan fingerprint density at radius 3 is 3.00 bits per heavy atom. The van der Waals surface area contributed by atoms with Crippen LogP contribution in [0.2, 0.25) is 0 Å². The molecule has 0 aliphatic carbocycles. The van der Waals surface area contributed by atoms with Crippen LogP contribution in [0.4, 0.5) is 10.6 Å². The van der Waals surface area contributed by atoms with Gasteiger partial charge in [0.15, 0.2) is 11.5 Å². The van der Waals surface area contributed by atoms with Gasteiger partial charge in [-0.3, -0.25) is 0 Å². The summed E-state index contributed by atoms with van der Waals surface area (Å²) in [5.41, 5.74) is 0.234. The summed E-state index contributed by atoms with van der Waals surface area (Å²) in [5, 5.41) is 7.01. The molecule has 0 spiro atoms. The molecule has 0 saturated carbocycles. The van der Waals surface area contributed by atoms with Gasteiger partial charge >= 0.3 is 6.09 Å². The molecule has 3 heterocycles. The minimum absolute atomic E-state index is 0.0415. The standard InChI is InChI=1S/C14H20N6O2/c1-14(2,3)22-13(21)18-10-4-6-19(8-10)11-12-16-9-17-20(12)7-5-15-11/h5,7,9-10H,4,6,8H2,1-3H3,(H,18,21). The van der Waals surface area contributed by atoms with Crippen LogP contribution in [0, 0.1) is 0 Å². The van der Waals surface area contributed by atoms with Crippen LogP contribution < -0.4 is 10.2 Å². The normalized spacial score (nSPS) is 18.7. The second kappa shape index (κ2) is 5.43. The van der Waals surface area contributed by atoms with Crippen molar-refractivity contribution in [3.8, 4) is 0 Å². The number of carbonyl (C=O) groups is 1. The molecular formula is C14H20N6O2. The van der Waals surface area contributed by atoms with Crippen LogP contribution >= 0.6 is 0 Å². The Morgan fingerprint density at radius 2 is 2.23 bits per heavy atom. The van der Waals surface area contributed by atoms with E-state index in [4.69, 9.17) is 4.74 Å². The van der Waals surface area contributed by atoms with Crippen molar-refractivity contribution >= 4 is 17.6 Å². The fourth-order valence-electron chi connectivity index (χ4n) is 2.51. The average Bonchev–Trinajstić information content (AvgIpc) is 3.04. The molecule has 0 bridgehead atoms. The molecule has 2 aromatic heterocycles. The molecule has 8 heteroatoms. The first kappa shape index (κ1) is 14.6. The zero-order chi connectivity index (χ0) is 15.7. The van der Waals surface area contributed by atoms with E-state index in [0.717, 1.165) is 24.4 Å². The van der Waals surface area contributed by atoms with E-state index in [1.807, 2.05) is 20.8 Å². The van der Waals surface area contributed by atoms with Gasteiger partial charge in [-0.05, 0) is 27.2 Å². The number of hydrogen-bond acceptors (Lipinski definition) is 6. The predicted molar refractivity (Wildman–Crippen MR) is 80.8 cm³/mol. The topological polar surface area (TPSA) is 84.7 Å². The molecule has 1 N–H and O–H groups in total. The predicted octanol–water partition coefficient (Wildman–Crippen LogP) is 1.23. The molecule has 0 aromatic carbocycles. The summed E-state index contributed by atoms with van der Waals surface area (Å²) < 4.78 is 6.98. The van der Waals surface area contributed by atoms with Gasteiger partial charge < -0.3 is 15.0 Å². The molecular weight excluding hydrogens is 284 g/mol. The summed E-state index contributed by atoms with van der Waals surface area (Å²) in [6.45, 7) is 7.04. The first-order chi connectivity index (χ1) is 10.4. The van der Waals surface area contributed by atoms with E-state index in [-0.39, 0.29) is 12.1 Å². The average molecular weight is 304 g/mol. The summed E-state index contributed by atoms with van der Waals surface area (Å²) in [7, 11) is 0. The lowest BCUT2D eigenvalue weighted by Gasteiger charge is -2.22. The molecule has 8 nitrogen and oxygen atoms in total. The van der Waals surface area contributed by atoms with Gasteiger partial charge in [-0.25, -0.2) is 19.3 Å². The highest BCUT2D eigenvalue weighted by Crippen LogP contribution is 2.21. The summed E-state index contributed by atoms with van der Waals surface area (Å²) in [6, 6.07) is 0.0415.